The smallest absolute Gasteiger partial charge is 0.261 e. The van der Waals surface area contributed by atoms with Crippen LogP contribution in [0.15, 0.2) is 90.5 Å². The van der Waals surface area contributed by atoms with Crippen molar-refractivity contribution in [1.29, 1.82) is 5.26 Å². The van der Waals surface area contributed by atoms with Gasteiger partial charge in [0.25, 0.3) is 5.91 Å². The van der Waals surface area contributed by atoms with Gasteiger partial charge >= 0.3 is 0 Å². The van der Waals surface area contributed by atoms with E-state index in [9.17, 15) is 10.1 Å². The number of nitrogens with one attached hydrogen (secondary N) is 1. The maximum Gasteiger partial charge on any atom is 0.261 e. The van der Waals surface area contributed by atoms with E-state index in [4.69, 9.17) is 0 Å². The molecule has 0 atom stereocenters. The lowest BCUT2D eigenvalue weighted by Gasteiger charge is -2.05. The van der Waals surface area contributed by atoms with Gasteiger partial charge in [-0.05, 0) is 34.8 Å². The minimum absolute atomic E-state index is 0.107. The average molecular weight is 352 g/mol. The topological polar surface area (TPSA) is 52.9 Å². The number of nitrogens with zero attached hydrogens (tertiary/aromatic N) is 1. The van der Waals surface area contributed by atoms with Crippen LogP contribution in [0, 0.1) is 11.3 Å². The third kappa shape index (κ3) is 5.17. The first-order valence-electron chi connectivity index (χ1n) is 8.85. The zero-order valence-electron chi connectivity index (χ0n) is 14.9. The molecule has 0 saturated heterocycles. The summed E-state index contributed by atoms with van der Waals surface area (Å²) in [6.07, 6.45) is 2.35. The summed E-state index contributed by atoms with van der Waals surface area (Å²) in [5.74, 6) is -0.347. The molecule has 3 aromatic carbocycles. The van der Waals surface area contributed by atoms with Crippen molar-refractivity contribution in [3.05, 3.63) is 102 Å². The molecule has 132 valence electrons. The second-order valence-corrected chi connectivity index (χ2v) is 6.15. The Bertz CT molecular complexity index is 953. The number of carbonyl (C=O) groups is 1. The quantitative estimate of drug-likeness (QED) is 0.520. The normalized spacial score (nSPS) is 10.9. The number of hydrogen-bond acceptors (Lipinski definition) is 2. The Morgan fingerprint density at radius 3 is 2.07 bits per heavy atom. The Morgan fingerprint density at radius 2 is 1.44 bits per heavy atom. The van der Waals surface area contributed by atoms with Gasteiger partial charge in [-0.1, -0.05) is 84.9 Å². The Morgan fingerprint density at radius 1 is 0.852 bits per heavy atom. The largest absolute Gasteiger partial charge is 0.351 e. The van der Waals surface area contributed by atoms with E-state index in [2.05, 4.69) is 5.32 Å². The molecule has 1 amide bonds. The molecule has 3 aromatic rings. The van der Waals surface area contributed by atoms with Gasteiger partial charge in [0, 0.05) is 6.54 Å². The zero-order valence-corrected chi connectivity index (χ0v) is 14.9. The number of carbonyl (C=O) groups excluding carboxylic acids is 1. The van der Waals surface area contributed by atoms with E-state index >= 15 is 0 Å². The van der Waals surface area contributed by atoms with Crippen LogP contribution < -0.4 is 5.32 Å². The summed E-state index contributed by atoms with van der Waals surface area (Å²) in [5.41, 5.74) is 4.31. The molecule has 0 unspecified atom stereocenters. The first-order chi connectivity index (χ1) is 13.3. The Kier molecular flexibility index (Phi) is 6.17. The molecule has 0 fully saturated rings. The third-order valence-corrected chi connectivity index (χ3v) is 4.24. The molecule has 0 heterocycles. The van der Waals surface area contributed by atoms with E-state index < -0.39 is 0 Å². The van der Waals surface area contributed by atoms with E-state index in [1.807, 2.05) is 91.0 Å². The van der Waals surface area contributed by atoms with Crippen molar-refractivity contribution < 1.29 is 4.79 Å². The van der Waals surface area contributed by atoms with Gasteiger partial charge in [-0.3, -0.25) is 4.79 Å². The molecule has 27 heavy (non-hydrogen) atoms. The maximum absolute atomic E-state index is 12.3. The van der Waals surface area contributed by atoms with E-state index in [-0.39, 0.29) is 11.5 Å². The Balaban J connectivity index is 1.63. The van der Waals surface area contributed by atoms with Crippen LogP contribution in [0.3, 0.4) is 0 Å². The maximum atomic E-state index is 12.3. The zero-order chi connectivity index (χ0) is 18.9. The second kappa shape index (κ2) is 9.17. The monoisotopic (exact) mass is 352 g/mol. The van der Waals surface area contributed by atoms with Crippen LogP contribution in [-0.2, 0) is 11.2 Å². The first-order valence-corrected chi connectivity index (χ1v) is 8.85. The van der Waals surface area contributed by atoms with Crippen molar-refractivity contribution in [2.75, 3.05) is 6.54 Å². The summed E-state index contributed by atoms with van der Waals surface area (Å²) < 4.78 is 0. The van der Waals surface area contributed by atoms with Gasteiger partial charge in [0.1, 0.15) is 11.6 Å². The van der Waals surface area contributed by atoms with Gasteiger partial charge in [0.2, 0.25) is 0 Å². The molecule has 3 heteroatoms. The molecule has 3 nitrogen and oxygen atoms in total. The summed E-state index contributed by atoms with van der Waals surface area (Å²) in [4.78, 5) is 12.3. The predicted octanol–water partition coefficient (Wildman–Crippen LogP) is 4.62. The van der Waals surface area contributed by atoms with E-state index in [1.54, 1.807) is 6.08 Å². The molecule has 0 saturated carbocycles. The van der Waals surface area contributed by atoms with Crippen LogP contribution in [0.1, 0.15) is 11.1 Å². The summed E-state index contributed by atoms with van der Waals surface area (Å²) in [6.45, 7) is 0.495. The number of benzene rings is 3. The summed E-state index contributed by atoms with van der Waals surface area (Å²) in [6, 6.07) is 29.8. The molecule has 0 spiro atoms. The van der Waals surface area contributed by atoms with E-state index in [1.165, 1.54) is 0 Å². The number of rotatable bonds is 6. The second-order valence-electron chi connectivity index (χ2n) is 6.15. The molecule has 0 radical (unpaired) electrons. The lowest BCUT2D eigenvalue weighted by molar-refractivity contribution is -0.117. The van der Waals surface area contributed by atoms with Gasteiger partial charge in [-0.2, -0.15) is 5.26 Å². The van der Waals surface area contributed by atoms with Gasteiger partial charge < -0.3 is 5.32 Å². The molecular formula is C24H20N2O. The molecule has 3 rings (SSSR count). The number of nitriles is 1. The Labute approximate surface area is 159 Å². The van der Waals surface area contributed by atoms with Crippen LogP contribution in [0.25, 0.3) is 17.2 Å². The first kappa shape index (κ1) is 18.2. The molecule has 0 bridgehead atoms. The number of amides is 1. The highest BCUT2D eigenvalue weighted by Gasteiger charge is 2.08. The van der Waals surface area contributed by atoms with Crippen molar-refractivity contribution in [3.8, 4) is 17.2 Å². The minimum Gasteiger partial charge on any atom is -0.351 e. The van der Waals surface area contributed by atoms with Gasteiger partial charge in [0.15, 0.2) is 0 Å². The fourth-order valence-corrected chi connectivity index (χ4v) is 2.78. The predicted molar refractivity (Wildman–Crippen MR) is 109 cm³/mol. The van der Waals surface area contributed by atoms with Gasteiger partial charge in [-0.25, -0.2) is 0 Å². The van der Waals surface area contributed by atoms with E-state index in [0.717, 1.165) is 28.7 Å². The SMILES string of the molecule is N#C/C(=C/c1ccc(-c2ccccc2)cc1)C(=O)NCCc1ccccc1. The summed E-state index contributed by atoms with van der Waals surface area (Å²) in [7, 11) is 0. The molecule has 0 aliphatic carbocycles. The number of hydrogen-bond donors (Lipinski definition) is 1. The van der Waals surface area contributed by atoms with Crippen LogP contribution in [0.2, 0.25) is 0 Å². The summed E-state index contributed by atoms with van der Waals surface area (Å²) >= 11 is 0. The molecule has 0 aromatic heterocycles. The van der Waals surface area contributed by atoms with Crippen molar-refractivity contribution in [3.63, 3.8) is 0 Å². The summed E-state index contributed by atoms with van der Waals surface area (Å²) in [5, 5.41) is 12.1. The highest BCUT2D eigenvalue weighted by molar-refractivity contribution is 6.01. The van der Waals surface area contributed by atoms with Crippen molar-refractivity contribution >= 4 is 12.0 Å². The minimum atomic E-state index is -0.347. The molecule has 1 N–H and O–H groups in total. The third-order valence-electron chi connectivity index (χ3n) is 4.24. The van der Waals surface area contributed by atoms with E-state index in [0.29, 0.717) is 6.54 Å². The standard InChI is InChI=1S/C24H20N2O/c25-18-23(24(27)26-16-15-19-7-3-1-4-8-19)17-20-11-13-22(14-12-20)21-9-5-2-6-10-21/h1-14,17H,15-16H2,(H,26,27)/b23-17-. The lowest BCUT2D eigenvalue weighted by Crippen LogP contribution is -2.26. The van der Waals surface area contributed by atoms with Crippen molar-refractivity contribution in [1.82, 2.24) is 5.32 Å². The molecule has 0 aliphatic heterocycles. The van der Waals surface area contributed by atoms with Crippen LogP contribution >= 0.6 is 0 Å². The Hall–Kier alpha value is -3.64. The highest BCUT2D eigenvalue weighted by atomic mass is 16.1. The van der Waals surface area contributed by atoms with Crippen molar-refractivity contribution in [2.24, 2.45) is 0 Å². The average Bonchev–Trinajstić information content (AvgIpc) is 2.74. The molecular weight excluding hydrogens is 332 g/mol. The van der Waals surface area contributed by atoms with Crippen molar-refractivity contribution in [2.45, 2.75) is 6.42 Å². The van der Waals surface area contributed by atoms with Crippen LogP contribution in [0.4, 0.5) is 0 Å². The fraction of sp³-hybridized carbons (Fsp3) is 0.0833. The van der Waals surface area contributed by atoms with Crippen LogP contribution in [-0.4, -0.2) is 12.5 Å². The van der Waals surface area contributed by atoms with Gasteiger partial charge in [-0.15, -0.1) is 0 Å². The fourth-order valence-electron chi connectivity index (χ4n) is 2.78. The van der Waals surface area contributed by atoms with Crippen LogP contribution in [0.5, 0.6) is 0 Å². The highest BCUT2D eigenvalue weighted by Crippen LogP contribution is 2.20. The lowest BCUT2D eigenvalue weighted by atomic mass is 10.0. The molecule has 0 aliphatic rings. The van der Waals surface area contributed by atoms with Gasteiger partial charge in [0.05, 0.1) is 0 Å².